The minimum absolute atomic E-state index is 0.133. The van der Waals surface area contributed by atoms with Crippen LogP contribution in [-0.2, 0) is 22.1 Å². The molecule has 1 aromatic carbocycles. The molecule has 0 amide bonds. The molecule has 9 heteroatoms. The number of hydrogen-bond acceptors (Lipinski definition) is 5. The summed E-state index contributed by atoms with van der Waals surface area (Å²) in [5.41, 5.74) is 1.27. The molecule has 0 unspecified atom stereocenters. The van der Waals surface area contributed by atoms with E-state index in [2.05, 4.69) is 39.0 Å². The van der Waals surface area contributed by atoms with Gasteiger partial charge in [0.25, 0.3) is 0 Å². The number of esters is 1. The van der Waals surface area contributed by atoms with Crippen molar-refractivity contribution in [1.29, 1.82) is 0 Å². The largest absolute Gasteiger partial charge is 0.461 e. The number of carbonyl (C=O) groups is 1. The zero-order valence-electron chi connectivity index (χ0n) is 19.3. The third-order valence-electron chi connectivity index (χ3n) is 5.44. The summed E-state index contributed by atoms with van der Waals surface area (Å²) in [5.74, 6) is -0.433. The number of halogens is 2. The van der Waals surface area contributed by atoms with Crippen LogP contribution in [0.25, 0.3) is 0 Å². The fraction of sp³-hybridized carbons (Fsp3) is 0.545. The minimum atomic E-state index is -1.87. The highest BCUT2D eigenvalue weighted by molar-refractivity contribution is 7.99. The van der Waals surface area contributed by atoms with E-state index in [-0.39, 0.29) is 11.6 Å². The average Bonchev–Trinajstić information content (AvgIpc) is 2.97. The first-order valence-electron chi connectivity index (χ1n) is 10.4. The van der Waals surface area contributed by atoms with Gasteiger partial charge in [0, 0.05) is 14.9 Å². The van der Waals surface area contributed by atoms with E-state index in [1.54, 1.807) is 13.0 Å². The summed E-state index contributed by atoms with van der Waals surface area (Å²) in [7, 11) is -1.87. The maximum absolute atomic E-state index is 12.6. The third kappa shape index (κ3) is 6.74. The Morgan fingerprint density at radius 1 is 1.16 bits per heavy atom. The smallest absolute Gasteiger partial charge is 0.360 e. The van der Waals surface area contributed by atoms with Crippen LogP contribution in [0.5, 0.6) is 0 Å². The Hall–Kier alpha value is -0.993. The zero-order chi connectivity index (χ0) is 23.4. The Morgan fingerprint density at radius 3 is 2.29 bits per heavy atom. The summed E-state index contributed by atoms with van der Waals surface area (Å²) in [5, 5.41) is 5.83. The fourth-order valence-corrected chi connectivity index (χ4v) is 5.64. The van der Waals surface area contributed by atoms with Crippen molar-refractivity contribution >= 4 is 49.3 Å². The van der Waals surface area contributed by atoms with E-state index in [0.29, 0.717) is 35.3 Å². The van der Waals surface area contributed by atoms with Crippen molar-refractivity contribution in [2.24, 2.45) is 0 Å². The van der Waals surface area contributed by atoms with Gasteiger partial charge in [0.15, 0.2) is 14.0 Å². The van der Waals surface area contributed by atoms with Crippen molar-refractivity contribution in [3.8, 4) is 0 Å². The quantitative estimate of drug-likeness (QED) is 0.270. The second-order valence-electron chi connectivity index (χ2n) is 8.74. The van der Waals surface area contributed by atoms with E-state index in [0.717, 1.165) is 15.5 Å². The van der Waals surface area contributed by atoms with E-state index >= 15 is 0 Å². The van der Waals surface area contributed by atoms with Crippen molar-refractivity contribution < 1.29 is 14.0 Å². The Labute approximate surface area is 200 Å². The van der Waals surface area contributed by atoms with Crippen LogP contribution in [0.1, 0.15) is 50.8 Å². The first-order valence-corrected chi connectivity index (χ1v) is 14.9. The number of ether oxygens (including phenoxy) is 1. The van der Waals surface area contributed by atoms with E-state index in [4.69, 9.17) is 32.4 Å². The van der Waals surface area contributed by atoms with Gasteiger partial charge >= 0.3 is 5.97 Å². The zero-order valence-corrected chi connectivity index (χ0v) is 22.7. The van der Waals surface area contributed by atoms with Crippen molar-refractivity contribution in [1.82, 2.24) is 9.78 Å². The van der Waals surface area contributed by atoms with E-state index in [1.165, 1.54) is 11.8 Å². The molecular weight excluding hydrogens is 471 g/mol. The van der Waals surface area contributed by atoms with Crippen LogP contribution in [0, 0.1) is 0 Å². The highest BCUT2D eigenvalue weighted by atomic mass is 35.5. The monoisotopic (exact) mass is 502 g/mol. The molecule has 5 nitrogen and oxygen atoms in total. The SMILES string of the molecule is CCOC(=O)c1nn(CCO[Si](C)(C)C(C)(C)C)c(CC)c1Sc1cc(Cl)cc(Cl)c1. The van der Waals surface area contributed by atoms with Gasteiger partial charge in [0.1, 0.15) is 0 Å². The highest BCUT2D eigenvalue weighted by Gasteiger charge is 2.37. The Balaban J connectivity index is 2.37. The first kappa shape index (κ1) is 26.3. The normalized spacial score (nSPS) is 12.3. The molecule has 172 valence electrons. The lowest BCUT2D eigenvalue weighted by Crippen LogP contribution is -2.41. The molecule has 2 rings (SSSR count). The van der Waals surface area contributed by atoms with E-state index < -0.39 is 14.3 Å². The van der Waals surface area contributed by atoms with Gasteiger partial charge in [0.05, 0.1) is 30.3 Å². The second-order valence-corrected chi connectivity index (χ2v) is 15.5. The minimum Gasteiger partial charge on any atom is -0.461 e. The lowest BCUT2D eigenvalue weighted by atomic mass is 10.2. The van der Waals surface area contributed by atoms with Crippen molar-refractivity contribution in [3.05, 3.63) is 39.6 Å². The molecule has 1 heterocycles. The summed E-state index contributed by atoms with van der Waals surface area (Å²) in [6.45, 7) is 16.3. The number of benzene rings is 1. The summed E-state index contributed by atoms with van der Waals surface area (Å²) >= 11 is 13.8. The molecule has 0 aliphatic rings. The fourth-order valence-electron chi connectivity index (χ4n) is 2.76. The van der Waals surface area contributed by atoms with Gasteiger partial charge in [-0.25, -0.2) is 4.79 Å². The summed E-state index contributed by atoms with van der Waals surface area (Å²) in [6.07, 6.45) is 0.711. The highest BCUT2D eigenvalue weighted by Crippen LogP contribution is 2.38. The molecule has 0 bridgehead atoms. The van der Waals surface area contributed by atoms with Gasteiger partial charge in [-0.1, -0.05) is 62.7 Å². The second kappa shape index (κ2) is 10.7. The lowest BCUT2D eigenvalue weighted by Gasteiger charge is -2.36. The molecule has 0 saturated heterocycles. The molecule has 0 aliphatic heterocycles. The molecule has 0 saturated carbocycles. The Kier molecular flexibility index (Phi) is 9.11. The van der Waals surface area contributed by atoms with Crippen molar-refractivity contribution in [3.63, 3.8) is 0 Å². The number of rotatable bonds is 9. The van der Waals surface area contributed by atoms with E-state index in [9.17, 15) is 4.79 Å². The van der Waals surface area contributed by atoms with Crippen molar-refractivity contribution in [2.45, 2.75) is 75.5 Å². The molecule has 31 heavy (non-hydrogen) atoms. The molecule has 0 fully saturated rings. The first-order chi connectivity index (χ1) is 14.4. The van der Waals surface area contributed by atoms with Gasteiger partial charge in [-0.15, -0.1) is 0 Å². The van der Waals surface area contributed by atoms with Gasteiger partial charge in [-0.3, -0.25) is 4.68 Å². The number of nitrogens with zero attached hydrogens (tertiary/aromatic N) is 2. The van der Waals surface area contributed by atoms with Crippen LogP contribution < -0.4 is 0 Å². The van der Waals surface area contributed by atoms with Gasteiger partial charge in [-0.2, -0.15) is 5.10 Å². The Bertz CT molecular complexity index is 906. The molecule has 0 radical (unpaired) electrons. The van der Waals surface area contributed by atoms with E-state index in [1.807, 2.05) is 23.7 Å². The molecular formula is C22H32Cl2N2O3SSi. The van der Waals surface area contributed by atoms with Crippen LogP contribution >= 0.6 is 35.0 Å². The number of aromatic nitrogens is 2. The van der Waals surface area contributed by atoms with Crippen LogP contribution in [-0.4, -0.2) is 37.3 Å². The van der Waals surface area contributed by atoms with Crippen LogP contribution in [0.3, 0.4) is 0 Å². The predicted octanol–water partition coefficient (Wildman–Crippen LogP) is 7.10. The maximum atomic E-state index is 12.6. The van der Waals surface area contributed by atoms with Gasteiger partial charge in [0.2, 0.25) is 0 Å². The molecule has 0 N–H and O–H groups in total. The third-order valence-corrected chi connectivity index (χ3v) is 11.5. The standard InChI is InChI=1S/C22H32Cl2N2O3SSi/c1-8-18-20(30-17-13-15(23)12-16(24)14-17)19(21(27)28-9-2)25-26(18)10-11-29-31(6,7)22(3,4)5/h12-14H,8-11H2,1-7H3. The summed E-state index contributed by atoms with van der Waals surface area (Å²) < 4.78 is 13.5. The molecule has 1 aromatic heterocycles. The van der Waals surface area contributed by atoms with Crippen LogP contribution in [0.15, 0.2) is 28.0 Å². The lowest BCUT2D eigenvalue weighted by molar-refractivity contribution is 0.0514. The van der Waals surface area contributed by atoms with Crippen LogP contribution in [0.2, 0.25) is 28.2 Å². The Morgan fingerprint density at radius 2 is 1.77 bits per heavy atom. The number of hydrogen-bond donors (Lipinski definition) is 0. The molecule has 0 atom stereocenters. The topological polar surface area (TPSA) is 53.3 Å². The average molecular weight is 504 g/mol. The predicted molar refractivity (Wildman–Crippen MR) is 131 cm³/mol. The summed E-state index contributed by atoms with van der Waals surface area (Å²) in [6, 6.07) is 5.33. The molecule has 0 spiro atoms. The van der Waals surface area contributed by atoms with Crippen molar-refractivity contribution in [2.75, 3.05) is 13.2 Å². The molecule has 2 aromatic rings. The maximum Gasteiger partial charge on any atom is 0.360 e. The summed E-state index contributed by atoms with van der Waals surface area (Å²) in [4.78, 5) is 14.3. The molecule has 0 aliphatic carbocycles. The van der Waals surface area contributed by atoms with Crippen LogP contribution in [0.4, 0.5) is 0 Å². The number of carbonyl (C=O) groups excluding carboxylic acids is 1. The van der Waals surface area contributed by atoms with Gasteiger partial charge in [-0.05, 0) is 49.7 Å². The van der Waals surface area contributed by atoms with Gasteiger partial charge < -0.3 is 9.16 Å².